The van der Waals surface area contributed by atoms with Crippen molar-refractivity contribution < 1.29 is 5.11 Å². The van der Waals surface area contributed by atoms with Gasteiger partial charge in [-0.15, -0.1) is 24.0 Å². The smallest absolute Gasteiger partial charge is 0.194 e. The maximum atomic E-state index is 10.4. The molecule has 5 heteroatoms. The number of rotatable bonds is 3. The van der Waals surface area contributed by atoms with Crippen molar-refractivity contribution in [2.75, 3.05) is 26.2 Å². The highest BCUT2D eigenvalue weighted by Crippen LogP contribution is 2.29. The average Bonchev–Trinajstić information content (AvgIpc) is 2.82. The second-order valence-electron chi connectivity index (χ2n) is 6.30. The molecule has 4 nitrogen and oxygen atoms in total. The Balaban J connectivity index is 0.00000200. The van der Waals surface area contributed by atoms with Crippen molar-refractivity contribution in [1.82, 2.24) is 10.2 Å². The minimum atomic E-state index is -0.540. The molecule has 0 aromatic rings. The number of piperidine rings is 1. The van der Waals surface area contributed by atoms with Gasteiger partial charge in [-0.2, -0.15) is 0 Å². The van der Waals surface area contributed by atoms with Crippen LogP contribution >= 0.6 is 24.0 Å². The number of aliphatic imine (C=N–C) groups is 1. The Kier molecular flexibility index (Phi) is 7.58. The Morgan fingerprint density at radius 1 is 1.35 bits per heavy atom. The van der Waals surface area contributed by atoms with E-state index in [4.69, 9.17) is 4.99 Å². The predicted molar refractivity (Wildman–Crippen MR) is 94.8 cm³/mol. The summed E-state index contributed by atoms with van der Waals surface area (Å²) >= 11 is 0. The molecule has 2 aliphatic rings. The van der Waals surface area contributed by atoms with Crippen molar-refractivity contribution in [2.24, 2.45) is 10.9 Å². The average molecular weight is 395 g/mol. The number of hydrogen-bond donors (Lipinski definition) is 2. The molecular formula is C15H30IN3O. The Bertz CT molecular complexity index is 316. The van der Waals surface area contributed by atoms with E-state index in [1.807, 2.05) is 0 Å². The summed E-state index contributed by atoms with van der Waals surface area (Å²) in [5, 5.41) is 13.8. The first-order valence-corrected chi connectivity index (χ1v) is 7.88. The summed E-state index contributed by atoms with van der Waals surface area (Å²) < 4.78 is 0. The Hall–Kier alpha value is -0.0400. The lowest BCUT2D eigenvalue weighted by molar-refractivity contribution is 0.0570. The normalized spacial score (nSPS) is 26.2. The van der Waals surface area contributed by atoms with Gasteiger partial charge in [0, 0.05) is 19.6 Å². The zero-order valence-corrected chi connectivity index (χ0v) is 15.2. The third-order valence-electron chi connectivity index (χ3n) is 4.35. The molecule has 20 heavy (non-hydrogen) atoms. The first-order chi connectivity index (χ1) is 9.13. The fourth-order valence-electron chi connectivity index (χ4n) is 3.22. The van der Waals surface area contributed by atoms with Crippen molar-refractivity contribution >= 4 is 29.9 Å². The summed E-state index contributed by atoms with van der Waals surface area (Å²) in [6.45, 7) is 8.04. The molecule has 1 atom stereocenters. The first-order valence-electron chi connectivity index (χ1n) is 7.88. The molecule has 2 fully saturated rings. The van der Waals surface area contributed by atoms with Crippen LogP contribution in [0.4, 0.5) is 0 Å². The molecule has 0 amide bonds. The van der Waals surface area contributed by atoms with Crippen molar-refractivity contribution in [3.63, 3.8) is 0 Å². The van der Waals surface area contributed by atoms with E-state index in [1.165, 1.54) is 12.8 Å². The second-order valence-corrected chi connectivity index (χ2v) is 6.30. The standard InChI is InChI=1S/C15H29N3O.HI/c1-3-16-14(18-10-6-7-13(2)11-18)17-12-15(19)8-4-5-9-15;/h13,19H,3-12H2,1-2H3,(H,16,17);1H. The van der Waals surface area contributed by atoms with Crippen LogP contribution in [0.15, 0.2) is 4.99 Å². The Morgan fingerprint density at radius 3 is 2.65 bits per heavy atom. The lowest BCUT2D eigenvalue weighted by Gasteiger charge is -2.34. The summed E-state index contributed by atoms with van der Waals surface area (Å²) in [5.74, 6) is 1.74. The molecule has 0 bridgehead atoms. The quantitative estimate of drug-likeness (QED) is 0.439. The molecule has 1 heterocycles. The van der Waals surface area contributed by atoms with Crippen molar-refractivity contribution in [2.45, 2.75) is 58.0 Å². The van der Waals surface area contributed by atoms with Gasteiger partial charge in [-0.1, -0.05) is 19.8 Å². The maximum absolute atomic E-state index is 10.4. The van der Waals surface area contributed by atoms with Gasteiger partial charge in [-0.25, -0.2) is 0 Å². The largest absolute Gasteiger partial charge is 0.388 e. The molecule has 1 aliphatic carbocycles. The Labute approximate surface area is 140 Å². The SMILES string of the molecule is CCNC(=NCC1(O)CCCC1)N1CCCC(C)C1.I. The highest BCUT2D eigenvalue weighted by Gasteiger charge is 2.31. The summed E-state index contributed by atoms with van der Waals surface area (Å²) in [6, 6.07) is 0. The maximum Gasteiger partial charge on any atom is 0.194 e. The molecule has 0 aromatic carbocycles. The van der Waals surface area contributed by atoms with Gasteiger partial charge in [0.15, 0.2) is 5.96 Å². The minimum absolute atomic E-state index is 0. The fraction of sp³-hybridized carbons (Fsp3) is 0.933. The number of likely N-dealkylation sites (tertiary alicyclic amines) is 1. The minimum Gasteiger partial charge on any atom is -0.388 e. The highest BCUT2D eigenvalue weighted by atomic mass is 127. The van der Waals surface area contributed by atoms with Gasteiger partial charge in [0.1, 0.15) is 0 Å². The Morgan fingerprint density at radius 2 is 2.05 bits per heavy atom. The van der Waals surface area contributed by atoms with Gasteiger partial charge in [-0.05, 0) is 38.5 Å². The van der Waals surface area contributed by atoms with Gasteiger partial charge in [-0.3, -0.25) is 4.99 Å². The van der Waals surface area contributed by atoms with Crippen molar-refractivity contribution in [1.29, 1.82) is 0 Å². The van der Waals surface area contributed by atoms with Gasteiger partial charge in [0.2, 0.25) is 0 Å². The van der Waals surface area contributed by atoms with Crippen LogP contribution in [0, 0.1) is 5.92 Å². The van der Waals surface area contributed by atoms with Crippen molar-refractivity contribution in [3.8, 4) is 0 Å². The number of hydrogen-bond acceptors (Lipinski definition) is 2. The van der Waals surface area contributed by atoms with Crippen LogP contribution in [0.1, 0.15) is 52.4 Å². The van der Waals surface area contributed by atoms with Gasteiger partial charge in [0.05, 0.1) is 12.1 Å². The number of nitrogens with one attached hydrogen (secondary N) is 1. The summed E-state index contributed by atoms with van der Waals surface area (Å²) in [4.78, 5) is 7.06. The number of halogens is 1. The van der Waals surface area contributed by atoms with Crippen LogP contribution in [-0.4, -0.2) is 47.7 Å². The molecule has 1 saturated carbocycles. The van der Waals surface area contributed by atoms with Gasteiger partial charge < -0.3 is 15.3 Å². The van der Waals surface area contributed by atoms with Crippen LogP contribution in [-0.2, 0) is 0 Å². The molecular weight excluding hydrogens is 365 g/mol. The fourth-order valence-corrected chi connectivity index (χ4v) is 3.22. The van der Waals surface area contributed by atoms with Crippen LogP contribution in [0.2, 0.25) is 0 Å². The molecule has 0 spiro atoms. The van der Waals surface area contributed by atoms with Crippen LogP contribution in [0.25, 0.3) is 0 Å². The van der Waals surface area contributed by atoms with E-state index < -0.39 is 5.60 Å². The highest BCUT2D eigenvalue weighted by molar-refractivity contribution is 14.0. The third kappa shape index (κ3) is 5.06. The monoisotopic (exact) mass is 395 g/mol. The topological polar surface area (TPSA) is 47.9 Å². The van der Waals surface area contributed by atoms with E-state index in [2.05, 4.69) is 24.1 Å². The van der Waals surface area contributed by atoms with E-state index >= 15 is 0 Å². The van der Waals surface area contributed by atoms with Gasteiger partial charge in [0.25, 0.3) is 0 Å². The number of aliphatic hydroxyl groups is 1. The molecule has 1 unspecified atom stereocenters. The molecule has 118 valence electrons. The van der Waals surface area contributed by atoms with E-state index in [9.17, 15) is 5.11 Å². The lowest BCUT2D eigenvalue weighted by Crippen LogP contribution is -2.47. The number of guanidine groups is 1. The second kappa shape index (κ2) is 8.41. The third-order valence-corrected chi connectivity index (χ3v) is 4.35. The van der Waals surface area contributed by atoms with E-state index in [1.54, 1.807) is 0 Å². The molecule has 0 radical (unpaired) electrons. The molecule has 0 aromatic heterocycles. The number of nitrogens with zero attached hydrogens (tertiary/aromatic N) is 2. The lowest BCUT2D eigenvalue weighted by atomic mass is 10.0. The summed E-state index contributed by atoms with van der Waals surface area (Å²) in [6.07, 6.45) is 6.67. The van der Waals surface area contributed by atoms with E-state index in [0.717, 1.165) is 57.2 Å². The first kappa shape index (κ1) is 18.0. The molecule has 1 saturated heterocycles. The molecule has 1 aliphatic heterocycles. The van der Waals surface area contributed by atoms with Crippen LogP contribution in [0.5, 0.6) is 0 Å². The van der Waals surface area contributed by atoms with Gasteiger partial charge >= 0.3 is 0 Å². The predicted octanol–water partition coefficient (Wildman–Crippen LogP) is 2.61. The zero-order valence-electron chi connectivity index (χ0n) is 12.9. The molecule has 2 rings (SSSR count). The molecule has 2 N–H and O–H groups in total. The van der Waals surface area contributed by atoms with E-state index in [-0.39, 0.29) is 24.0 Å². The summed E-state index contributed by atoms with van der Waals surface area (Å²) in [5.41, 5.74) is -0.540. The van der Waals surface area contributed by atoms with Crippen LogP contribution < -0.4 is 5.32 Å². The van der Waals surface area contributed by atoms with E-state index in [0.29, 0.717) is 6.54 Å². The zero-order chi connectivity index (χ0) is 13.7. The summed E-state index contributed by atoms with van der Waals surface area (Å²) in [7, 11) is 0. The van der Waals surface area contributed by atoms with Crippen molar-refractivity contribution in [3.05, 3.63) is 0 Å². The van der Waals surface area contributed by atoms with Crippen LogP contribution in [0.3, 0.4) is 0 Å².